The molecule has 49 heavy (non-hydrogen) atoms. The van der Waals surface area contributed by atoms with Gasteiger partial charge < -0.3 is 34.3 Å². The molecule has 2 amide bonds. The average Bonchev–Trinajstić information content (AvgIpc) is 3.41. The van der Waals surface area contributed by atoms with Gasteiger partial charge in [-0.2, -0.15) is 9.50 Å². The quantitative estimate of drug-likeness (QED) is 0.363. The Hall–Kier alpha value is -4.46. The summed E-state index contributed by atoms with van der Waals surface area (Å²) in [5.41, 5.74) is 2.88. The maximum atomic E-state index is 14.3. The number of amides is 2. The van der Waals surface area contributed by atoms with Gasteiger partial charge in [-0.05, 0) is 67.8 Å². The number of carbonyl (C=O) groups is 2. The van der Waals surface area contributed by atoms with E-state index in [9.17, 15) is 19.5 Å². The number of rotatable bonds is 8. The lowest BCUT2D eigenvalue weighted by atomic mass is 9.66. The first-order valence-electron chi connectivity index (χ1n) is 17.8. The highest BCUT2D eigenvalue weighted by atomic mass is 16.5. The zero-order valence-corrected chi connectivity index (χ0v) is 27.8. The van der Waals surface area contributed by atoms with Gasteiger partial charge in [0.1, 0.15) is 18.0 Å². The first-order valence-corrected chi connectivity index (χ1v) is 17.8. The van der Waals surface area contributed by atoms with Crippen LogP contribution in [0, 0.1) is 17.3 Å². The first kappa shape index (κ1) is 30.6. The molecule has 14 heteroatoms. The number of nitrogens with one attached hydrogen (secondary N) is 1. The van der Waals surface area contributed by atoms with Gasteiger partial charge in [0.2, 0.25) is 11.7 Å². The van der Waals surface area contributed by atoms with Gasteiger partial charge in [0.05, 0.1) is 31.7 Å². The van der Waals surface area contributed by atoms with E-state index in [4.69, 9.17) is 19.6 Å². The Kier molecular flexibility index (Phi) is 7.22. The van der Waals surface area contributed by atoms with Crippen LogP contribution in [-0.4, -0.2) is 98.0 Å². The Morgan fingerprint density at radius 2 is 1.92 bits per heavy atom. The molecule has 7 aliphatic rings. The number of piperazine rings is 1. The van der Waals surface area contributed by atoms with Crippen molar-refractivity contribution < 1.29 is 24.2 Å². The zero-order valence-electron chi connectivity index (χ0n) is 27.8. The monoisotopic (exact) mass is 670 g/mol. The predicted molar refractivity (Wildman–Crippen MR) is 178 cm³/mol. The minimum atomic E-state index is -0.356. The Balaban J connectivity index is 1.01. The van der Waals surface area contributed by atoms with Crippen LogP contribution < -0.4 is 20.5 Å². The highest BCUT2D eigenvalue weighted by Gasteiger charge is 2.61. The first-order chi connectivity index (χ1) is 23.8. The van der Waals surface area contributed by atoms with Crippen LogP contribution in [0.4, 0.5) is 5.69 Å². The lowest BCUT2D eigenvalue weighted by Crippen LogP contribution is -2.51. The van der Waals surface area contributed by atoms with Crippen molar-refractivity contribution in [2.45, 2.75) is 70.9 Å². The van der Waals surface area contributed by atoms with E-state index >= 15 is 0 Å². The molecule has 1 unspecified atom stereocenters. The van der Waals surface area contributed by atoms with E-state index in [1.807, 2.05) is 22.5 Å². The smallest absolute Gasteiger partial charge is 0.299 e. The van der Waals surface area contributed by atoms with Crippen molar-refractivity contribution in [3.63, 3.8) is 0 Å². The number of aromatic hydroxyl groups is 1. The fourth-order valence-electron chi connectivity index (χ4n) is 9.19. The number of fused-ring (bicyclic) bond motifs is 3. The number of nitrogens with zero attached hydrogens (tertiary/aromatic N) is 7. The van der Waals surface area contributed by atoms with Crippen LogP contribution >= 0.6 is 0 Å². The SMILES string of the molecule is CCc1c(N2CCN(C(=O)c3ncc4c(c3O)CCO4)CC2)c(=O)n2nc(C3=CCOCC3)nc2n1CC(=O)NC1CC2(C3CC3)CC1C2. The zero-order chi connectivity index (χ0) is 33.4. The maximum Gasteiger partial charge on any atom is 0.299 e. The van der Waals surface area contributed by atoms with Crippen molar-refractivity contribution in [1.29, 1.82) is 0 Å². The van der Waals surface area contributed by atoms with Crippen LogP contribution in [0.2, 0.25) is 0 Å². The molecule has 6 heterocycles. The number of aromatic nitrogens is 5. The number of hydrogen-bond acceptors (Lipinski definition) is 10. The normalized spacial score (nSPS) is 25.9. The molecule has 3 aliphatic heterocycles. The third-order valence-corrected chi connectivity index (χ3v) is 11.8. The summed E-state index contributed by atoms with van der Waals surface area (Å²) >= 11 is 0. The summed E-state index contributed by atoms with van der Waals surface area (Å²) in [5, 5.41) is 18.8. The summed E-state index contributed by atoms with van der Waals surface area (Å²) in [4.78, 5) is 54.3. The second-order valence-corrected chi connectivity index (χ2v) is 14.6. The number of carbonyl (C=O) groups excluding carboxylic acids is 2. The standard InChI is InChI=1S/C35H42N8O6/c1-2-25-29(40-8-10-41(11-9-40)32(46)28-30(45)23-7-14-49-26(23)18-36-28)33(47)43-34(38-31(39-43)20-5-12-48-13-6-20)42(25)19-27(44)37-24-17-35(22-3-4-22)15-21(24)16-35/h5,18,21-22,24,45H,2-4,6-17,19H2,1H3,(H,37,44). The van der Waals surface area contributed by atoms with Crippen LogP contribution in [0.5, 0.6) is 11.5 Å². The van der Waals surface area contributed by atoms with Gasteiger partial charge in [-0.3, -0.25) is 14.4 Å². The van der Waals surface area contributed by atoms with E-state index in [1.165, 1.54) is 36.4 Å². The Morgan fingerprint density at radius 3 is 2.65 bits per heavy atom. The van der Waals surface area contributed by atoms with Gasteiger partial charge in [-0.1, -0.05) is 13.0 Å². The molecule has 0 radical (unpaired) electrons. The molecular formula is C35H42N8O6. The largest absolute Gasteiger partial charge is 0.505 e. The molecule has 2 N–H and O–H groups in total. The van der Waals surface area contributed by atoms with Crippen molar-refractivity contribution in [2.24, 2.45) is 17.3 Å². The molecule has 3 aromatic rings. The van der Waals surface area contributed by atoms with Crippen molar-refractivity contribution in [3.05, 3.63) is 45.4 Å². The highest BCUT2D eigenvalue weighted by Crippen LogP contribution is 2.68. The highest BCUT2D eigenvalue weighted by molar-refractivity contribution is 5.95. The van der Waals surface area contributed by atoms with E-state index in [0.29, 0.717) is 105 Å². The third kappa shape index (κ3) is 5.00. The van der Waals surface area contributed by atoms with E-state index in [-0.39, 0.29) is 41.4 Å². The number of anilines is 1. The maximum absolute atomic E-state index is 14.3. The topological polar surface area (TPSA) is 156 Å². The lowest BCUT2D eigenvalue weighted by molar-refractivity contribution is -0.122. The van der Waals surface area contributed by atoms with Crippen molar-refractivity contribution in [2.75, 3.05) is 50.9 Å². The molecule has 2 bridgehead atoms. The average molecular weight is 671 g/mol. The molecule has 0 spiro atoms. The van der Waals surface area contributed by atoms with Crippen LogP contribution in [-0.2, 0) is 28.9 Å². The summed E-state index contributed by atoms with van der Waals surface area (Å²) < 4.78 is 14.2. The molecule has 14 nitrogen and oxygen atoms in total. The van der Waals surface area contributed by atoms with E-state index < -0.39 is 0 Å². The molecule has 1 saturated heterocycles. The molecule has 258 valence electrons. The summed E-state index contributed by atoms with van der Waals surface area (Å²) in [6, 6.07) is 0.201. The molecule has 4 saturated carbocycles. The molecule has 10 rings (SSSR count). The van der Waals surface area contributed by atoms with Crippen molar-refractivity contribution in [3.8, 4) is 11.5 Å². The predicted octanol–water partition coefficient (Wildman–Crippen LogP) is 1.95. The van der Waals surface area contributed by atoms with Gasteiger partial charge in [0.15, 0.2) is 17.3 Å². The number of pyridine rings is 1. The fourth-order valence-corrected chi connectivity index (χ4v) is 9.19. The second-order valence-electron chi connectivity index (χ2n) is 14.6. The van der Waals surface area contributed by atoms with Crippen molar-refractivity contribution >= 4 is 28.9 Å². The summed E-state index contributed by atoms with van der Waals surface area (Å²) in [6.07, 6.45) is 11.3. The van der Waals surface area contributed by atoms with Crippen LogP contribution in [0.3, 0.4) is 0 Å². The number of hydrogen-bond donors (Lipinski definition) is 2. The van der Waals surface area contributed by atoms with Gasteiger partial charge in [-0.15, -0.1) is 5.10 Å². The van der Waals surface area contributed by atoms with E-state index in [1.54, 1.807) is 4.90 Å². The molecule has 5 fully saturated rings. The van der Waals surface area contributed by atoms with E-state index in [0.717, 1.165) is 23.6 Å². The van der Waals surface area contributed by atoms with Gasteiger partial charge in [0, 0.05) is 44.2 Å². The minimum absolute atomic E-state index is 0.0159. The molecule has 3 aromatic heterocycles. The van der Waals surface area contributed by atoms with Crippen LogP contribution in [0.1, 0.15) is 73.0 Å². The Morgan fingerprint density at radius 1 is 1.10 bits per heavy atom. The van der Waals surface area contributed by atoms with Crippen molar-refractivity contribution in [1.82, 2.24) is 34.4 Å². The molecule has 1 atom stereocenters. The molecule has 4 aliphatic carbocycles. The third-order valence-electron chi connectivity index (χ3n) is 11.8. The lowest BCUT2D eigenvalue weighted by Gasteiger charge is -2.38. The fraction of sp³-hybridized carbons (Fsp3) is 0.600. The summed E-state index contributed by atoms with van der Waals surface area (Å²) in [6.45, 7) is 4.92. The molecule has 0 aromatic carbocycles. The van der Waals surface area contributed by atoms with Gasteiger partial charge in [-0.25, -0.2) is 4.98 Å². The Labute approximate surface area is 283 Å². The minimum Gasteiger partial charge on any atom is -0.505 e. The van der Waals surface area contributed by atoms with Crippen LogP contribution in [0.25, 0.3) is 11.4 Å². The van der Waals surface area contributed by atoms with Gasteiger partial charge >= 0.3 is 0 Å². The summed E-state index contributed by atoms with van der Waals surface area (Å²) in [7, 11) is 0. The second kappa shape index (κ2) is 11.6. The van der Waals surface area contributed by atoms with Gasteiger partial charge in [0.25, 0.3) is 11.5 Å². The summed E-state index contributed by atoms with van der Waals surface area (Å²) in [5.74, 6) is 2.18. The molecular weight excluding hydrogens is 628 g/mol. The Bertz CT molecular complexity index is 1950. The van der Waals surface area contributed by atoms with E-state index in [2.05, 4.69) is 10.3 Å². The number of ether oxygens (including phenoxy) is 2. The van der Waals surface area contributed by atoms with Crippen LogP contribution in [0.15, 0.2) is 17.1 Å².